The molecule has 2 bridgehead atoms. The minimum atomic E-state index is -0.977. The van der Waals surface area contributed by atoms with Crippen molar-refractivity contribution >= 4 is 29.2 Å². The molecule has 7 nitrogen and oxygen atoms in total. The molecule has 2 N–H and O–H groups in total. The molecule has 28 heavy (non-hydrogen) atoms. The van der Waals surface area contributed by atoms with Crippen molar-refractivity contribution in [3.63, 3.8) is 0 Å². The maximum absolute atomic E-state index is 12.9. The summed E-state index contributed by atoms with van der Waals surface area (Å²) in [5, 5.41) is 17.6. The Morgan fingerprint density at radius 1 is 1.25 bits per heavy atom. The first-order valence-corrected chi connectivity index (χ1v) is 9.71. The summed E-state index contributed by atoms with van der Waals surface area (Å²) in [6.07, 6.45) is 0.712. The number of hydrogen-bond donors (Lipinski definition) is 2. The minimum absolute atomic E-state index is 0.317. The molecule has 2 aromatic rings. The van der Waals surface area contributed by atoms with Crippen LogP contribution in [0.2, 0.25) is 5.02 Å². The topological polar surface area (TPSA) is 93.5 Å². The van der Waals surface area contributed by atoms with Crippen LogP contribution in [-0.2, 0) is 20.9 Å². The van der Waals surface area contributed by atoms with Crippen molar-refractivity contribution in [3.05, 3.63) is 46.2 Å². The average molecular weight is 404 g/mol. The molecule has 0 aliphatic carbocycles. The zero-order chi connectivity index (χ0) is 20.0. The summed E-state index contributed by atoms with van der Waals surface area (Å²) < 4.78 is 7.49. The van der Waals surface area contributed by atoms with Gasteiger partial charge >= 0.3 is 5.97 Å². The van der Waals surface area contributed by atoms with Crippen molar-refractivity contribution < 1.29 is 19.4 Å². The molecule has 0 unspecified atom stereocenters. The summed E-state index contributed by atoms with van der Waals surface area (Å²) in [5.74, 6) is -2.77. The van der Waals surface area contributed by atoms with Crippen LogP contribution in [0.3, 0.4) is 0 Å². The number of ether oxygens (including phenoxy) is 1. The van der Waals surface area contributed by atoms with Gasteiger partial charge in [-0.2, -0.15) is 5.10 Å². The molecular formula is C20H22ClN3O4. The fourth-order valence-electron chi connectivity index (χ4n) is 4.35. The Morgan fingerprint density at radius 3 is 2.61 bits per heavy atom. The van der Waals surface area contributed by atoms with E-state index in [1.165, 1.54) is 0 Å². The van der Waals surface area contributed by atoms with Crippen LogP contribution in [0.25, 0.3) is 0 Å². The van der Waals surface area contributed by atoms with E-state index in [9.17, 15) is 14.7 Å². The van der Waals surface area contributed by atoms with E-state index in [1.807, 2.05) is 38.1 Å². The Morgan fingerprint density at radius 2 is 1.93 bits per heavy atom. The van der Waals surface area contributed by atoms with Crippen LogP contribution in [0, 0.1) is 25.7 Å². The quantitative estimate of drug-likeness (QED) is 0.800. The predicted molar refractivity (Wildman–Crippen MR) is 103 cm³/mol. The van der Waals surface area contributed by atoms with Gasteiger partial charge in [-0.3, -0.25) is 14.3 Å². The number of aryl methyl sites for hydroxylation is 1. The highest BCUT2D eigenvalue weighted by molar-refractivity contribution is 6.31. The van der Waals surface area contributed by atoms with Crippen LogP contribution in [-0.4, -0.2) is 39.0 Å². The van der Waals surface area contributed by atoms with Gasteiger partial charge in [0.2, 0.25) is 5.91 Å². The van der Waals surface area contributed by atoms with Gasteiger partial charge in [0, 0.05) is 5.02 Å². The van der Waals surface area contributed by atoms with Crippen LogP contribution in [0.5, 0.6) is 0 Å². The summed E-state index contributed by atoms with van der Waals surface area (Å²) >= 11 is 6.24. The van der Waals surface area contributed by atoms with Gasteiger partial charge in [0.1, 0.15) is 0 Å². The van der Waals surface area contributed by atoms with Crippen LogP contribution in [0.4, 0.5) is 5.69 Å². The lowest BCUT2D eigenvalue weighted by Gasteiger charge is -2.23. The Bertz CT molecular complexity index is 942. The largest absolute Gasteiger partial charge is 0.481 e. The van der Waals surface area contributed by atoms with Gasteiger partial charge in [-0.15, -0.1) is 0 Å². The Kier molecular flexibility index (Phi) is 4.89. The molecule has 8 heteroatoms. The average Bonchev–Trinajstić information content (AvgIpc) is 3.33. The molecule has 148 valence electrons. The van der Waals surface area contributed by atoms with Gasteiger partial charge in [0.25, 0.3) is 0 Å². The maximum atomic E-state index is 12.9. The number of carbonyl (C=O) groups is 2. The highest BCUT2D eigenvalue weighted by atomic mass is 35.5. The van der Waals surface area contributed by atoms with Crippen LogP contribution < -0.4 is 5.32 Å². The van der Waals surface area contributed by atoms with Crippen LogP contribution in [0.15, 0.2) is 24.3 Å². The van der Waals surface area contributed by atoms with Gasteiger partial charge in [0.05, 0.1) is 47.7 Å². The third-order valence-corrected chi connectivity index (χ3v) is 6.14. The number of nitrogens with zero attached hydrogens (tertiary/aromatic N) is 2. The number of halogens is 1. The second-order valence-corrected chi connectivity index (χ2v) is 7.87. The van der Waals surface area contributed by atoms with Crippen molar-refractivity contribution in [2.24, 2.45) is 11.8 Å². The first-order valence-electron chi connectivity index (χ1n) is 9.33. The molecule has 1 amide bonds. The molecule has 4 atom stereocenters. The molecule has 2 fully saturated rings. The van der Waals surface area contributed by atoms with Crippen molar-refractivity contribution in [2.75, 3.05) is 5.32 Å². The van der Waals surface area contributed by atoms with E-state index in [-0.39, 0.29) is 18.1 Å². The number of rotatable bonds is 5. The first-order chi connectivity index (χ1) is 13.4. The SMILES string of the molecule is Cc1nn(Cc2ccccc2Cl)c(C)c1NC(=O)[C@@H]1[C@@H](C(=O)O)[C@H]2CC[C@H]1O2. The summed E-state index contributed by atoms with van der Waals surface area (Å²) in [7, 11) is 0. The normalized spacial score (nSPS) is 25.8. The van der Waals surface area contributed by atoms with E-state index in [4.69, 9.17) is 16.3 Å². The standard InChI is InChI=1S/C20H22ClN3O4/c1-10-18(11(2)24(23-10)9-12-5-3-4-6-13(12)21)22-19(25)16-14-7-8-15(28-14)17(16)20(26)27/h3-6,14-17H,7-9H2,1-2H3,(H,22,25)(H,26,27)/t14-,15-,16+,17+/m1/s1. The van der Waals surface area contributed by atoms with Gasteiger partial charge < -0.3 is 15.2 Å². The molecule has 3 heterocycles. The maximum Gasteiger partial charge on any atom is 0.310 e. The van der Waals surface area contributed by atoms with E-state index in [1.54, 1.807) is 4.68 Å². The van der Waals surface area contributed by atoms with Crippen molar-refractivity contribution in [2.45, 2.75) is 45.4 Å². The number of hydrogen-bond acceptors (Lipinski definition) is 4. The van der Waals surface area contributed by atoms with Crippen molar-refractivity contribution in [1.82, 2.24) is 9.78 Å². The highest BCUT2D eigenvalue weighted by Gasteiger charge is 2.55. The molecule has 1 aromatic heterocycles. The third kappa shape index (κ3) is 3.18. The Balaban J connectivity index is 1.55. The summed E-state index contributed by atoms with van der Waals surface area (Å²) in [6.45, 7) is 4.17. The Labute approximate surface area is 167 Å². The van der Waals surface area contributed by atoms with Gasteiger partial charge in [-0.1, -0.05) is 29.8 Å². The van der Waals surface area contributed by atoms with E-state index >= 15 is 0 Å². The second-order valence-electron chi connectivity index (χ2n) is 7.46. The second kappa shape index (κ2) is 7.22. The number of carboxylic acids is 1. The van der Waals surface area contributed by atoms with Gasteiger partial charge in [-0.25, -0.2) is 0 Å². The lowest BCUT2D eigenvalue weighted by atomic mass is 9.78. The number of anilines is 1. The Hall–Kier alpha value is -2.38. The number of fused-ring (bicyclic) bond motifs is 2. The third-order valence-electron chi connectivity index (χ3n) is 5.77. The number of benzene rings is 1. The molecule has 1 aromatic carbocycles. The smallest absolute Gasteiger partial charge is 0.310 e. The molecule has 2 saturated heterocycles. The number of carbonyl (C=O) groups excluding carboxylic acids is 1. The molecule has 2 aliphatic heterocycles. The van der Waals surface area contributed by atoms with Crippen LogP contribution in [0.1, 0.15) is 29.8 Å². The van der Waals surface area contributed by atoms with Crippen LogP contribution >= 0.6 is 11.6 Å². The molecule has 4 rings (SSSR count). The molecule has 0 radical (unpaired) electrons. The lowest BCUT2D eigenvalue weighted by Crippen LogP contribution is -2.41. The molecule has 0 spiro atoms. The lowest BCUT2D eigenvalue weighted by molar-refractivity contribution is -0.147. The van der Waals surface area contributed by atoms with Crippen molar-refractivity contribution in [3.8, 4) is 0 Å². The predicted octanol–water partition coefficient (Wildman–Crippen LogP) is 3.02. The van der Waals surface area contributed by atoms with Gasteiger partial charge in [-0.05, 0) is 38.3 Å². The summed E-state index contributed by atoms with van der Waals surface area (Å²) in [4.78, 5) is 24.6. The first kappa shape index (κ1) is 19.0. The highest BCUT2D eigenvalue weighted by Crippen LogP contribution is 2.44. The van der Waals surface area contributed by atoms with Crippen molar-refractivity contribution in [1.29, 1.82) is 0 Å². The zero-order valence-corrected chi connectivity index (χ0v) is 16.4. The number of aliphatic carboxylic acids is 1. The van der Waals surface area contributed by atoms with E-state index < -0.39 is 17.8 Å². The van der Waals surface area contributed by atoms with Gasteiger partial charge in [0.15, 0.2) is 0 Å². The summed E-state index contributed by atoms with van der Waals surface area (Å²) in [6, 6.07) is 7.54. The number of amides is 1. The fraction of sp³-hybridized carbons (Fsp3) is 0.450. The number of aromatic nitrogens is 2. The van der Waals surface area contributed by atoms with E-state index in [2.05, 4.69) is 10.4 Å². The monoisotopic (exact) mass is 403 g/mol. The number of nitrogens with one attached hydrogen (secondary N) is 1. The zero-order valence-electron chi connectivity index (χ0n) is 15.7. The number of carboxylic acid groups (broad SMARTS) is 1. The summed E-state index contributed by atoms with van der Waals surface area (Å²) in [5.41, 5.74) is 3.01. The molecular weight excluding hydrogens is 382 g/mol. The molecule has 0 saturated carbocycles. The van der Waals surface area contributed by atoms with E-state index in [0.29, 0.717) is 29.4 Å². The fourth-order valence-corrected chi connectivity index (χ4v) is 4.55. The minimum Gasteiger partial charge on any atom is -0.481 e. The van der Waals surface area contributed by atoms with E-state index in [0.717, 1.165) is 17.7 Å². The molecule has 2 aliphatic rings.